The average Bonchev–Trinajstić information content (AvgIpc) is 2.34. The number of hydrogen-bond acceptors (Lipinski definition) is 1. The first-order chi connectivity index (χ1) is 9.10. The third-order valence-electron chi connectivity index (χ3n) is 3.13. The van der Waals surface area contributed by atoms with Gasteiger partial charge in [-0.3, -0.25) is 0 Å². The van der Waals surface area contributed by atoms with E-state index in [2.05, 4.69) is 12.2 Å². The Kier molecular flexibility index (Phi) is 6.92. The Labute approximate surface area is 113 Å². The lowest BCUT2D eigenvalue weighted by molar-refractivity contribution is 0.426. The van der Waals surface area contributed by atoms with Crippen LogP contribution in [0.25, 0.3) is 0 Å². The van der Waals surface area contributed by atoms with Crippen molar-refractivity contribution in [1.29, 1.82) is 0 Å². The van der Waals surface area contributed by atoms with Crippen LogP contribution in [0.5, 0.6) is 0 Å². The molecule has 1 N–H and O–H groups in total. The number of unbranched alkanes of at least 4 members (excludes halogenated alkanes) is 2. The summed E-state index contributed by atoms with van der Waals surface area (Å²) in [5.74, 6) is -2.48. The van der Waals surface area contributed by atoms with Crippen molar-refractivity contribution in [3.8, 4) is 0 Å². The van der Waals surface area contributed by atoms with E-state index in [0.29, 0.717) is 13.0 Å². The smallest absolute Gasteiger partial charge is 0.133 e. The molecule has 0 aromatic heterocycles. The summed E-state index contributed by atoms with van der Waals surface area (Å²) in [5.41, 5.74) is -0.0362. The fourth-order valence-corrected chi connectivity index (χ4v) is 2.15. The van der Waals surface area contributed by atoms with Gasteiger partial charge in [0, 0.05) is 23.7 Å². The van der Waals surface area contributed by atoms with Crippen LogP contribution in [-0.2, 0) is 0 Å². The zero-order chi connectivity index (χ0) is 14.3. The summed E-state index contributed by atoms with van der Waals surface area (Å²) in [5, 5.41) is 3.14. The van der Waals surface area contributed by atoms with Crippen molar-refractivity contribution >= 4 is 0 Å². The van der Waals surface area contributed by atoms with Gasteiger partial charge in [-0.1, -0.05) is 33.1 Å². The maximum atomic E-state index is 13.8. The predicted octanol–water partition coefficient (Wildman–Crippen LogP) is 4.72. The molecule has 0 saturated heterocycles. The topological polar surface area (TPSA) is 12.0 Å². The molecule has 0 bridgehead atoms. The van der Waals surface area contributed by atoms with E-state index >= 15 is 0 Å². The van der Waals surface area contributed by atoms with Crippen LogP contribution in [0.2, 0.25) is 0 Å². The fraction of sp³-hybridized carbons (Fsp3) is 0.600. The quantitative estimate of drug-likeness (QED) is 0.675. The molecule has 19 heavy (non-hydrogen) atoms. The molecule has 0 radical (unpaired) electrons. The molecule has 0 heterocycles. The van der Waals surface area contributed by atoms with Crippen molar-refractivity contribution in [1.82, 2.24) is 5.32 Å². The predicted molar refractivity (Wildman–Crippen MR) is 71.5 cm³/mol. The molecule has 0 aliphatic heterocycles. The Morgan fingerprint density at radius 1 is 1.00 bits per heavy atom. The second-order valence-electron chi connectivity index (χ2n) is 4.79. The maximum absolute atomic E-state index is 13.8. The molecule has 4 heteroatoms. The van der Waals surface area contributed by atoms with E-state index in [1.54, 1.807) is 0 Å². The first-order valence-electron chi connectivity index (χ1n) is 6.98. The Hall–Kier alpha value is -1.03. The van der Waals surface area contributed by atoms with Crippen LogP contribution in [-0.4, -0.2) is 6.54 Å². The third-order valence-corrected chi connectivity index (χ3v) is 3.13. The number of halogens is 3. The van der Waals surface area contributed by atoms with Gasteiger partial charge < -0.3 is 5.32 Å². The summed E-state index contributed by atoms with van der Waals surface area (Å²) in [6.07, 6.45) is 4.51. The van der Waals surface area contributed by atoms with E-state index in [1.165, 1.54) is 0 Å². The molecule has 108 valence electrons. The van der Waals surface area contributed by atoms with Gasteiger partial charge in [-0.15, -0.1) is 0 Å². The lowest BCUT2D eigenvalue weighted by atomic mass is 9.99. The third kappa shape index (κ3) is 4.86. The normalized spacial score (nSPS) is 12.7. The maximum Gasteiger partial charge on any atom is 0.133 e. The van der Waals surface area contributed by atoms with Crippen LogP contribution >= 0.6 is 0 Å². The summed E-state index contributed by atoms with van der Waals surface area (Å²) >= 11 is 0. The van der Waals surface area contributed by atoms with Gasteiger partial charge >= 0.3 is 0 Å². The van der Waals surface area contributed by atoms with Crippen molar-refractivity contribution < 1.29 is 13.2 Å². The highest BCUT2D eigenvalue weighted by Gasteiger charge is 2.20. The van der Waals surface area contributed by atoms with Crippen molar-refractivity contribution in [2.45, 2.75) is 52.0 Å². The SMILES string of the molecule is CCCCCC(NCCC)c1c(F)cc(F)cc1F. The van der Waals surface area contributed by atoms with Crippen molar-refractivity contribution in [2.24, 2.45) is 0 Å². The molecule has 0 spiro atoms. The second kappa shape index (κ2) is 8.20. The zero-order valence-electron chi connectivity index (χ0n) is 11.6. The molecule has 1 rings (SSSR count). The van der Waals surface area contributed by atoms with Crippen molar-refractivity contribution in [3.05, 3.63) is 35.1 Å². The van der Waals surface area contributed by atoms with E-state index in [0.717, 1.165) is 37.8 Å². The zero-order valence-corrected chi connectivity index (χ0v) is 11.6. The van der Waals surface area contributed by atoms with Gasteiger partial charge in [0.1, 0.15) is 17.5 Å². The minimum Gasteiger partial charge on any atom is -0.310 e. The molecule has 0 aliphatic carbocycles. The summed E-state index contributed by atoms with van der Waals surface area (Å²) < 4.78 is 40.5. The highest BCUT2D eigenvalue weighted by molar-refractivity contribution is 5.24. The summed E-state index contributed by atoms with van der Waals surface area (Å²) in [7, 11) is 0. The van der Waals surface area contributed by atoms with Gasteiger partial charge in [0.15, 0.2) is 0 Å². The molecule has 0 aliphatic rings. The second-order valence-corrected chi connectivity index (χ2v) is 4.79. The molecule has 0 amide bonds. The van der Waals surface area contributed by atoms with Crippen LogP contribution in [0.4, 0.5) is 13.2 Å². The lowest BCUT2D eigenvalue weighted by Crippen LogP contribution is -2.24. The fourth-order valence-electron chi connectivity index (χ4n) is 2.15. The highest BCUT2D eigenvalue weighted by atomic mass is 19.1. The molecule has 1 nitrogen and oxygen atoms in total. The molecular weight excluding hydrogens is 251 g/mol. The number of benzene rings is 1. The van der Waals surface area contributed by atoms with Gasteiger partial charge in [-0.2, -0.15) is 0 Å². The van der Waals surface area contributed by atoms with Crippen LogP contribution in [0.15, 0.2) is 12.1 Å². The van der Waals surface area contributed by atoms with E-state index in [1.807, 2.05) is 6.92 Å². The minimum atomic E-state index is -0.874. The summed E-state index contributed by atoms with van der Waals surface area (Å²) in [6.45, 7) is 4.76. The number of hydrogen-bond donors (Lipinski definition) is 1. The van der Waals surface area contributed by atoms with Gasteiger partial charge in [0.25, 0.3) is 0 Å². The first kappa shape index (κ1) is 16.0. The van der Waals surface area contributed by atoms with Gasteiger partial charge in [0.05, 0.1) is 0 Å². The Morgan fingerprint density at radius 2 is 1.63 bits per heavy atom. The van der Waals surface area contributed by atoms with E-state index in [4.69, 9.17) is 0 Å². The monoisotopic (exact) mass is 273 g/mol. The summed E-state index contributed by atoms with van der Waals surface area (Å²) in [4.78, 5) is 0. The van der Waals surface area contributed by atoms with Crippen molar-refractivity contribution in [2.75, 3.05) is 6.54 Å². The number of rotatable bonds is 8. The molecule has 1 aromatic carbocycles. The molecule has 1 aromatic rings. The molecular formula is C15H22F3N. The van der Waals surface area contributed by atoms with E-state index in [9.17, 15) is 13.2 Å². The van der Waals surface area contributed by atoms with Gasteiger partial charge in [-0.25, -0.2) is 13.2 Å². The van der Waals surface area contributed by atoms with E-state index in [-0.39, 0.29) is 11.6 Å². The molecule has 0 fully saturated rings. The van der Waals surface area contributed by atoms with Gasteiger partial charge in [-0.05, 0) is 19.4 Å². The Morgan fingerprint density at radius 3 is 2.16 bits per heavy atom. The standard InChI is InChI=1S/C15H22F3N/c1-3-5-6-7-14(19-8-4-2)15-12(17)9-11(16)10-13(15)18/h9-10,14,19H,3-8H2,1-2H3. The first-order valence-corrected chi connectivity index (χ1v) is 6.98. The van der Waals surface area contributed by atoms with Crippen LogP contribution in [0, 0.1) is 17.5 Å². The van der Waals surface area contributed by atoms with Crippen molar-refractivity contribution in [3.63, 3.8) is 0 Å². The lowest BCUT2D eigenvalue weighted by Gasteiger charge is -2.20. The Bertz CT molecular complexity index is 370. The number of nitrogens with one attached hydrogen (secondary N) is 1. The average molecular weight is 273 g/mol. The van der Waals surface area contributed by atoms with Crippen LogP contribution in [0.3, 0.4) is 0 Å². The molecule has 1 atom stereocenters. The molecule has 1 unspecified atom stereocenters. The van der Waals surface area contributed by atoms with Crippen LogP contribution < -0.4 is 5.32 Å². The Balaban J connectivity index is 2.89. The highest BCUT2D eigenvalue weighted by Crippen LogP contribution is 2.26. The van der Waals surface area contributed by atoms with E-state index < -0.39 is 17.5 Å². The summed E-state index contributed by atoms with van der Waals surface area (Å²) in [6, 6.07) is 1.12. The van der Waals surface area contributed by atoms with Crippen LogP contribution in [0.1, 0.15) is 57.6 Å². The van der Waals surface area contributed by atoms with Gasteiger partial charge in [0.2, 0.25) is 0 Å². The molecule has 0 saturated carbocycles. The minimum absolute atomic E-state index is 0.0362. The largest absolute Gasteiger partial charge is 0.310 e.